The zero-order chi connectivity index (χ0) is 14.8. The number of amides is 1. The predicted octanol–water partition coefficient (Wildman–Crippen LogP) is 1.11. The van der Waals surface area contributed by atoms with Crippen LogP contribution in [0.1, 0.15) is 16.8 Å². The largest absolute Gasteiger partial charge is 0.323 e. The Morgan fingerprint density at radius 2 is 2.35 bits per heavy atom. The maximum absolute atomic E-state index is 12.5. The van der Waals surface area contributed by atoms with Gasteiger partial charge in [-0.3, -0.25) is 4.79 Å². The van der Waals surface area contributed by atoms with Crippen LogP contribution in [0.3, 0.4) is 0 Å². The summed E-state index contributed by atoms with van der Waals surface area (Å²) in [7, 11) is -3.07. The van der Waals surface area contributed by atoms with Gasteiger partial charge in [0.2, 0.25) is 0 Å². The molecular formula is C13H13BrN2O3S. The number of hydrogen-bond donors (Lipinski definition) is 0. The molecule has 7 heteroatoms. The molecule has 0 saturated carbocycles. The number of rotatable bonds is 3. The lowest BCUT2D eigenvalue weighted by molar-refractivity contribution is 0.0723. The van der Waals surface area contributed by atoms with Crippen LogP contribution in [0.15, 0.2) is 22.9 Å². The van der Waals surface area contributed by atoms with Gasteiger partial charge in [-0.15, -0.1) is 6.42 Å². The maximum atomic E-state index is 12.5. The van der Waals surface area contributed by atoms with Crippen molar-refractivity contribution in [2.24, 2.45) is 0 Å². The van der Waals surface area contributed by atoms with E-state index in [1.807, 2.05) is 0 Å². The fourth-order valence-corrected chi connectivity index (χ4v) is 4.34. The highest BCUT2D eigenvalue weighted by Crippen LogP contribution is 2.22. The average molecular weight is 357 g/mol. The third-order valence-corrected chi connectivity index (χ3v) is 5.54. The molecule has 0 radical (unpaired) electrons. The van der Waals surface area contributed by atoms with E-state index in [2.05, 4.69) is 26.8 Å². The van der Waals surface area contributed by atoms with Gasteiger partial charge in [0.1, 0.15) is 4.60 Å². The standard InChI is InChI=1S/C13H13BrN2O3S/c1-2-7-16(10-5-8-20(18,19)9-10)13(17)11-4-3-6-15-12(11)14/h1,3-4,6,10H,5,7-9H2. The van der Waals surface area contributed by atoms with Gasteiger partial charge in [-0.05, 0) is 34.5 Å². The first kappa shape index (κ1) is 15.0. The summed E-state index contributed by atoms with van der Waals surface area (Å²) in [5.74, 6) is 2.18. The molecule has 1 unspecified atom stereocenters. The SMILES string of the molecule is C#CCN(C(=O)c1cccnc1Br)C1CCS(=O)(=O)C1. The Bertz CT molecular complexity index is 666. The summed E-state index contributed by atoms with van der Waals surface area (Å²) < 4.78 is 23.6. The van der Waals surface area contributed by atoms with Crippen molar-refractivity contribution in [1.82, 2.24) is 9.88 Å². The van der Waals surface area contributed by atoms with Gasteiger partial charge in [0, 0.05) is 12.2 Å². The number of halogens is 1. The molecular weight excluding hydrogens is 344 g/mol. The highest BCUT2D eigenvalue weighted by molar-refractivity contribution is 9.10. The van der Waals surface area contributed by atoms with Gasteiger partial charge in [0.05, 0.1) is 23.6 Å². The summed E-state index contributed by atoms with van der Waals surface area (Å²) in [6, 6.07) is 2.92. The molecule has 1 aliphatic rings. The van der Waals surface area contributed by atoms with E-state index < -0.39 is 9.84 Å². The van der Waals surface area contributed by atoms with Crippen molar-refractivity contribution < 1.29 is 13.2 Å². The molecule has 1 aliphatic heterocycles. The molecule has 0 aromatic carbocycles. The van der Waals surface area contributed by atoms with E-state index in [9.17, 15) is 13.2 Å². The van der Waals surface area contributed by atoms with Gasteiger partial charge in [-0.25, -0.2) is 13.4 Å². The molecule has 1 fully saturated rings. The Morgan fingerprint density at radius 3 is 2.90 bits per heavy atom. The average Bonchev–Trinajstić information content (AvgIpc) is 2.76. The summed E-state index contributed by atoms with van der Waals surface area (Å²) in [5, 5.41) is 0. The van der Waals surface area contributed by atoms with Crippen LogP contribution in [0.4, 0.5) is 0 Å². The lowest BCUT2D eigenvalue weighted by Crippen LogP contribution is -2.41. The molecule has 1 amide bonds. The lowest BCUT2D eigenvalue weighted by atomic mass is 10.1. The Balaban J connectivity index is 2.28. The monoisotopic (exact) mass is 356 g/mol. The molecule has 1 atom stereocenters. The van der Waals surface area contributed by atoms with Crippen LogP contribution in [0.25, 0.3) is 0 Å². The zero-order valence-electron chi connectivity index (χ0n) is 10.6. The number of pyridine rings is 1. The van der Waals surface area contributed by atoms with Crippen LogP contribution in [0.5, 0.6) is 0 Å². The van der Waals surface area contributed by atoms with Crippen molar-refractivity contribution in [2.75, 3.05) is 18.1 Å². The van der Waals surface area contributed by atoms with Crippen LogP contribution in [0.2, 0.25) is 0 Å². The van der Waals surface area contributed by atoms with Crippen molar-refractivity contribution in [2.45, 2.75) is 12.5 Å². The quantitative estimate of drug-likeness (QED) is 0.600. The highest BCUT2D eigenvalue weighted by Gasteiger charge is 2.35. The molecule has 2 rings (SSSR count). The molecule has 2 heterocycles. The van der Waals surface area contributed by atoms with E-state index in [4.69, 9.17) is 6.42 Å². The molecule has 1 aromatic heterocycles. The fraction of sp³-hybridized carbons (Fsp3) is 0.385. The van der Waals surface area contributed by atoms with Crippen molar-refractivity contribution in [3.63, 3.8) is 0 Å². The molecule has 0 N–H and O–H groups in total. The number of nitrogens with zero attached hydrogens (tertiary/aromatic N) is 2. The second kappa shape index (κ2) is 5.94. The summed E-state index contributed by atoms with van der Waals surface area (Å²) >= 11 is 3.22. The second-order valence-corrected chi connectivity index (χ2v) is 7.52. The maximum Gasteiger partial charge on any atom is 0.257 e. The molecule has 1 saturated heterocycles. The van der Waals surface area contributed by atoms with E-state index in [-0.39, 0.29) is 30.0 Å². The third kappa shape index (κ3) is 3.19. The fourth-order valence-electron chi connectivity index (χ4n) is 2.19. The summed E-state index contributed by atoms with van der Waals surface area (Å²) in [6.07, 6.45) is 7.28. The summed E-state index contributed by atoms with van der Waals surface area (Å²) in [4.78, 5) is 18.0. The summed E-state index contributed by atoms with van der Waals surface area (Å²) in [6.45, 7) is 0.0837. The minimum atomic E-state index is -3.07. The number of terminal acetylenes is 1. The van der Waals surface area contributed by atoms with Crippen LogP contribution >= 0.6 is 15.9 Å². The summed E-state index contributed by atoms with van der Waals surface area (Å²) in [5.41, 5.74) is 0.382. The van der Waals surface area contributed by atoms with E-state index in [1.165, 1.54) is 4.90 Å². The lowest BCUT2D eigenvalue weighted by Gasteiger charge is -2.26. The van der Waals surface area contributed by atoms with Crippen LogP contribution in [0, 0.1) is 12.3 Å². The van der Waals surface area contributed by atoms with E-state index >= 15 is 0 Å². The smallest absolute Gasteiger partial charge is 0.257 e. The van der Waals surface area contributed by atoms with Crippen molar-refractivity contribution in [3.05, 3.63) is 28.5 Å². The van der Waals surface area contributed by atoms with Crippen molar-refractivity contribution in [3.8, 4) is 12.3 Å². The Kier molecular flexibility index (Phi) is 4.45. The van der Waals surface area contributed by atoms with E-state index in [1.54, 1.807) is 18.3 Å². The second-order valence-electron chi connectivity index (χ2n) is 4.54. The first-order valence-corrected chi connectivity index (χ1v) is 8.61. The van der Waals surface area contributed by atoms with E-state index in [0.717, 1.165) is 0 Å². The molecule has 1 aromatic rings. The predicted molar refractivity (Wildman–Crippen MR) is 78.9 cm³/mol. The van der Waals surface area contributed by atoms with Gasteiger partial charge in [-0.2, -0.15) is 0 Å². The Hall–Kier alpha value is -1.39. The number of carbonyl (C=O) groups is 1. The minimum absolute atomic E-state index is 0.0295. The van der Waals surface area contributed by atoms with Crippen LogP contribution < -0.4 is 0 Å². The van der Waals surface area contributed by atoms with Gasteiger partial charge in [0.25, 0.3) is 5.91 Å². The molecule has 0 bridgehead atoms. The molecule has 5 nitrogen and oxygen atoms in total. The molecule has 106 valence electrons. The van der Waals surface area contributed by atoms with Crippen LogP contribution in [-0.2, 0) is 9.84 Å². The van der Waals surface area contributed by atoms with Gasteiger partial charge in [0.15, 0.2) is 9.84 Å². The molecule has 20 heavy (non-hydrogen) atoms. The zero-order valence-corrected chi connectivity index (χ0v) is 13.0. The highest BCUT2D eigenvalue weighted by atomic mass is 79.9. The van der Waals surface area contributed by atoms with Gasteiger partial charge in [-0.1, -0.05) is 5.92 Å². The first-order chi connectivity index (χ1) is 9.44. The number of sulfone groups is 1. The minimum Gasteiger partial charge on any atom is -0.323 e. The number of carbonyl (C=O) groups excluding carboxylic acids is 1. The third-order valence-electron chi connectivity index (χ3n) is 3.16. The van der Waals surface area contributed by atoms with E-state index in [0.29, 0.717) is 16.6 Å². The van der Waals surface area contributed by atoms with Gasteiger partial charge >= 0.3 is 0 Å². The number of aromatic nitrogens is 1. The van der Waals surface area contributed by atoms with Crippen molar-refractivity contribution in [1.29, 1.82) is 0 Å². The van der Waals surface area contributed by atoms with Crippen LogP contribution in [-0.4, -0.2) is 48.3 Å². The topological polar surface area (TPSA) is 67.3 Å². The normalized spacial score (nSPS) is 20.3. The number of hydrogen-bond acceptors (Lipinski definition) is 4. The molecule has 0 spiro atoms. The first-order valence-electron chi connectivity index (χ1n) is 6.00. The molecule has 0 aliphatic carbocycles. The van der Waals surface area contributed by atoms with Crippen molar-refractivity contribution >= 4 is 31.7 Å². The van der Waals surface area contributed by atoms with Gasteiger partial charge < -0.3 is 4.90 Å². The Morgan fingerprint density at radius 1 is 1.60 bits per heavy atom. The Labute approximate surface area is 126 Å².